The van der Waals surface area contributed by atoms with Crippen LogP contribution in [0.1, 0.15) is 6.92 Å². The minimum atomic E-state index is -0.252. The van der Waals surface area contributed by atoms with Gasteiger partial charge in [-0.3, -0.25) is 0 Å². The van der Waals surface area contributed by atoms with Crippen LogP contribution in [0.4, 0.5) is 9.52 Å². The lowest BCUT2D eigenvalue weighted by Crippen LogP contribution is -1.94. The number of para-hydroxylation sites is 1. The number of fused-ring (bicyclic) bond motifs is 1. The maximum Gasteiger partial charge on any atom is 0.183 e. The van der Waals surface area contributed by atoms with Crippen LogP contribution in [-0.2, 0) is 0 Å². The Balaban J connectivity index is 2.55. The monoisotopic (exact) mass is 196 g/mol. The normalized spacial score (nSPS) is 10.6. The highest BCUT2D eigenvalue weighted by molar-refractivity contribution is 7.22. The number of nitrogens with one attached hydrogen (secondary N) is 1. The molecule has 0 aliphatic heterocycles. The minimum Gasteiger partial charge on any atom is -0.362 e. The van der Waals surface area contributed by atoms with Crippen LogP contribution in [0, 0.1) is 5.82 Å². The third kappa shape index (κ3) is 1.49. The van der Waals surface area contributed by atoms with Crippen LogP contribution in [-0.4, -0.2) is 11.5 Å². The highest BCUT2D eigenvalue weighted by atomic mass is 32.1. The lowest BCUT2D eigenvalue weighted by Gasteiger charge is -1.92. The molecule has 0 bridgehead atoms. The molecule has 0 fully saturated rings. The summed E-state index contributed by atoms with van der Waals surface area (Å²) in [5, 5.41) is 3.85. The van der Waals surface area contributed by atoms with Crippen LogP contribution in [0.25, 0.3) is 10.2 Å². The molecule has 0 spiro atoms. The van der Waals surface area contributed by atoms with Gasteiger partial charge >= 0.3 is 0 Å². The van der Waals surface area contributed by atoms with Crippen LogP contribution >= 0.6 is 11.3 Å². The molecular formula is C9H9FN2S. The lowest BCUT2D eigenvalue weighted by molar-refractivity contribution is 0.637. The number of nitrogens with zero attached hydrogens (tertiary/aromatic N) is 1. The largest absolute Gasteiger partial charge is 0.362 e. The summed E-state index contributed by atoms with van der Waals surface area (Å²) in [5.41, 5.74) is 0.462. The van der Waals surface area contributed by atoms with Crippen molar-refractivity contribution in [3.8, 4) is 0 Å². The standard InChI is InChI=1S/C9H9FN2S/c1-2-11-9-12-8-6(10)4-3-5-7(8)13-9/h3-5H,2H2,1H3,(H,11,12). The lowest BCUT2D eigenvalue weighted by atomic mass is 10.3. The number of halogens is 1. The molecule has 2 nitrogen and oxygen atoms in total. The second kappa shape index (κ2) is 3.30. The van der Waals surface area contributed by atoms with E-state index in [0.717, 1.165) is 16.4 Å². The molecule has 2 rings (SSSR count). The van der Waals surface area contributed by atoms with Gasteiger partial charge in [0.2, 0.25) is 0 Å². The zero-order valence-corrected chi connectivity index (χ0v) is 7.99. The summed E-state index contributed by atoms with van der Waals surface area (Å²) in [6, 6.07) is 5.00. The van der Waals surface area contributed by atoms with Crippen molar-refractivity contribution >= 4 is 26.7 Å². The SMILES string of the molecule is CCNc1nc2c(F)cccc2s1. The van der Waals surface area contributed by atoms with E-state index >= 15 is 0 Å². The van der Waals surface area contributed by atoms with E-state index in [1.807, 2.05) is 13.0 Å². The topological polar surface area (TPSA) is 24.9 Å². The van der Waals surface area contributed by atoms with Crippen LogP contribution in [0.5, 0.6) is 0 Å². The summed E-state index contributed by atoms with van der Waals surface area (Å²) in [5.74, 6) is -0.252. The fourth-order valence-corrected chi connectivity index (χ4v) is 2.09. The van der Waals surface area contributed by atoms with Gasteiger partial charge in [-0.25, -0.2) is 9.37 Å². The zero-order chi connectivity index (χ0) is 9.26. The molecule has 0 amide bonds. The second-order valence-electron chi connectivity index (χ2n) is 2.64. The van der Waals surface area contributed by atoms with Crippen molar-refractivity contribution in [2.75, 3.05) is 11.9 Å². The predicted octanol–water partition coefficient (Wildman–Crippen LogP) is 2.87. The van der Waals surface area contributed by atoms with Crippen LogP contribution in [0.3, 0.4) is 0 Å². The summed E-state index contributed by atoms with van der Waals surface area (Å²) >= 11 is 1.47. The number of hydrogen-bond donors (Lipinski definition) is 1. The van der Waals surface area contributed by atoms with Crippen molar-refractivity contribution < 1.29 is 4.39 Å². The minimum absolute atomic E-state index is 0.252. The van der Waals surface area contributed by atoms with Crippen molar-refractivity contribution in [1.29, 1.82) is 0 Å². The fraction of sp³-hybridized carbons (Fsp3) is 0.222. The first-order valence-corrected chi connectivity index (χ1v) is 4.92. The summed E-state index contributed by atoms with van der Waals surface area (Å²) in [7, 11) is 0. The molecule has 0 aliphatic carbocycles. The smallest absolute Gasteiger partial charge is 0.183 e. The third-order valence-corrected chi connectivity index (χ3v) is 2.68. The molecule has 1 N–H and O–H groups in total. The Morgan fingerprint density at radius 1 is 1.54 bits per heavy atom. The van der Waals surface area contributed by atoms with E-state index in [9.17, 15) is 4.39 Å². The van der Waals surface area contributed by atoms with Crippen molar-refractivity contribution in [3.05, 3.63) is 24.0 Å². The Morgan fingerprint density at radius 3 is 3.08 bits per heavy atom. The van der Waals surface area contributed by atoms with E-state index in [0.29, 0.717) is 5.52 Å². The van der Waals surface area contributed by atoms with E-state index in [4.69, 9.17) is 0 Å². The number of aromatic nitrogens is 1. The highest BCUT2D eigenvalue weighted by Gasteiger charge is 2.05. The number of hydrogen-bond acceptors (Lipinski definition) is 3. The second-order valence-corrected chi connectivity index (χ2v) is 3.67. The molecule has 0 unspecified atom stereocenters. The maximum absolute atomic E-state index is 13.2. The van der Waals surface area contributed by atoms with Crippen molar-refractivity contribution in [3.63, 3.8) is 0 Å². The highest BCUT2D eigenvalue weighted by Crippen LogP contribution is 2.27. The Morgan fingerprint density at radius 2 is 2.38 bits per heavy atom. The van der Waals surface area contributed by atoms with Crippen molar-refractivity contribution in [2.24, 2.45) is 0 Å². The molecule has 1 heterocycles. The molecule has 68 valence electrons. The van der Waals surface area contributed by atoms with E-state index < -0.39 is 0 Å². The molecule has 2 aromatic rings. The molecular weight excluding hydrogens is 187 g/mol. The van der Waals surface area contributed by atoms with Gasteiger partial charge < -0.3 is 5.32 Å². The summed E-state index contributed by atoms with van der Waals surface area (Å²) < 4.78 is 14.0. The van der Waals surface area contributed by atoms with Gasteiger partial charge in [-0.05, 0) is 19.1 Å². The average Bonchev–Trinajstić information content (AvgIpc) is 2.49. The van der Waals surface area contributed by atoms with Gasteiger partial charge in [-0.2, -0.15) is 0 Å². The molecule has 0 radical (unpaired) electrons. The zero-order valence-electron chi connectivity index (χ0n) is 7.17. The molecule has 13 heavy (non-hydrogen) atoms. The van der Waals surface area contributed by atoms with Crippen molar-refractivity contribution in [1.82, 2.24) is 4.98 Å². The molecule has 0 aliphatic rings. The van der Waals surface area contributed by atoms with Gasteiger partial charge in [0.25, 0.3) is 0 Å². The summed E-state index contributed by atoms with van der Waals surface area (Å²) in [6.45, 7) is 2.80. The average molecular weight is 196 g/mol. The summed E-state index contributed by atoms with van der Waals surface area (Å²) in [4.78, 5) is 4.13. The molecule has 0 saturated heterocycles. The van der Waals surface area contributed by atoms with Gasteiger partial charge in [0.1, 0.15) is 11.3 Å². The molecule has 0 saturated carbocycles. The van der Waals surface area contributed by atoms with Crippen LogP contribution < -0.4 is 5.32 Å². The quantitative estimate of drug-likeness (QED) is 0.798. The summed E-state index contributed by atoms with van der Waals surface area (Å²) in [6.07, 6.45) is 0. The molecule has 4 heteroatoms. The van der Waals surface area contributed by atoms with Crippen molar-refractivity contribution in [2.45, 2.75) is 6.92 Å². The molecule has 0 atom stereocenters. The first-order chi connectivity index (χ1) is 6.31. The third-order valence-electron chi connectivity index (χ3n) is 1.70. The Kier molecular flexibility index (Phi) is 2.14. The first kappa shape index (κ1) is 8.44. The Bertz CT molecular complexity index is 424. The van der Waals surface area contributed by atoms with Crippen LogP contribution in [0.2, 0.25) is 0 Å². The van der Waals surface area contributed by atoms with Gasteiger partial charge in [0, 0.05) is 6.54 Å². The van der Waals surface area contributed by atoms with Gasteiger partial charge in [-0.15, -0.1) is 0 Å². The van der Waals surface area contributed by atoms with Gasteiger partial charge in [0.05, 0.1) is 4.70 Å². The van der Waals surface area contributed by atoms with E-state index in [1.54, 1.807) is 6.07 Å². The number of thiazole rings is 1. The predicted molar refractivity (Wildman–Crippen MR) is 53.7 cm³/mol. The fourth-order valence-electron chi connectivity index (χ4n) is 1.14. The van der Waals surface area contributed by atoms with Gasteiger partial charge in [0.15, 0.2) is 5.13 Å². The molecule has 1 aromatic heterocycles. The number of anilines is 1. The first-order valence-electron chi connectivity index (χ1n) is 4.10. The van der Waals surface area contributed by atoms with E-state index in [2.05, 4.69) is 10.3 Å². The maximum atomic E-state index is 13.2. The van der Waals surface area contributed by atoms with E-state index in [-0.39, 0.29) is 5.82 Å². The molecule has 1 aromatic carbocycles. The Labute approximate surface area is 79.4 Å². The number of benzene rings is 1. The van der Waals surface area contributed by atoms with Crippen LogP contribution in [0.15, 0.2) is 18.2 Å². The van der Waals surface area contributed by atoms with Gasteiger partial charge in [-0.1, -0.05) is 17.4 Å². The number of rotatable bonds is 2. The van der Waals surface area contributed by atoms with E-state index in [1.165, 1.54) is 17.4 Å². The Hall–Kier alpha value is -1.16.